The molecule has 0 spiro atoms. The molecule has 0 aromatic carbocycles. The van der Waals surface area contributed by atoms with Gasteiger partial charge in [0.2, 0.25) is 0 Å². The van der Waals surface area contributed by atoms with Gasteiger partial charge in [0.1, 0.15) is 11.0 Å². The molecule has 1 aromatic rings. The van der Waals surface area contributed by atoms with Crippen molar-refractivity contribution in [1.82, 2.24) is 30.0 Å². The van der Waals surface area contributed by atoms with Crippen LogP contribution in [-0.2, 0) is 15.7 Å². The van der Waals surface area contributed by atoms with Crippen molar-refractivity contribution < 1.29 is 17.7 Å². The number of aliphatic imine (C=N–C) groups is 1. The molecule has 14 heteroatoms. The van der Waals surface area contributed by atoms with E-state index in [-0.39, 0.29) is 32.0 Å². The zero-order valence-electron chi connectivity index (χ0n) is 21.8. The zero-order valence-corrected chi connectivity index (χ0v) is 24.2. The molecule has 37 heavy (non-hydrogen) atoms. The molecular formula is C23H36ClF2N7O2S2. The van der Waals surface area contributed by atoms with Gasteiger partial charge in [-0.2, -0.15) is 0 Å². The van der Waals surface area contributed by atoms with Crippen LogP contribution in [0.3, 0.4) is 0 Å². The summed E-state index contributed by atoms with van der Waals surface area (Å²) < 4.78 is 47.4. The molecule has 2 fully saturated rings. The van der Waals surface area contributed by atoms with Crippen LogP contribution in [0.2, 0.25) is 0 Å². The molecule has 2 aliphatic heterocycles. The van der Waals surface area contributed by atoms with E-state index in [0.29, 0.717) is 25.4 Å². The van der Waals surface area contributed by atoms with Crippen LogP contribution in [-0.4, -0.2) is 94.2 Å². The Bertz CT molecular complexity index is 1030. The number of methoxy groups -OCH3 is 1. The fourth-order valence-electron chi connectivity index (χ4n) is 4.04. The van der Waals surface area contributed by atoms with E-state index in [9.17, 15) is 13.0 Å². The summed E-state index contributed by atoms with van der Waals surface area (Å²) in [6.07, 6.45) is 2.70. The number of likely N-dealkylation sites (N-methyl/N-ethyl adjacent to an activating group) is 1. The minimum Gasteiger partial charge on any atom is -0.383 e. The number of hydrogen-bond donors (Lipinski definition) is 2. The van der Waals surface area contributed by atoms with Crippen LogP contribution in [0.1, 0.15) is 50.1 Å². The lowest BCUT2D eigenvalue weighted by Crippen LogP contribution is -2.54. The maximum atomic E-state index is 13.2. The molecule has 1 aliphatic carbocycles. The van der Waals surface area contributed by atoms with Crippen LogP contribution in [0, 0.1) is 0 Å². The second-order valence-corrected chi connectivity index (χ2v) is 12.0. The van der Waals surface area contributed by atoms with Gasteiger partial charge in [-0.25, -0.2) is 22.7 Å². The SMILES string of the molecule is CC.COCC1CN(C2=CC(S(=O)NC3(C)CC3)CN(C)/C2=C(Cl)\N=C\c2nnc(C(F)F)s2)CCN1. The zero-order chi connectivity index (χ0) is 27.2. The number of piperazine rings is 1. The molecule has 3 atom stereocenters. The van der Waals surface area contributed by atoms with Gasteiger partial charge in [0.05, 0.1) is 29.5 Å². The third-order valence-electron chi connectivity index (χ3n) is 6.13. The van der Waals surface area contributed by atoms with Gasteiger partial charge in [0, 0.05) is 51.9 Å². The minimum atomic E-state index is -2.68. The van der Waals surface area contributed by atoms with Crippen molar-refractivity contribution in [2.45, 2.75) is 56.9 Å². The van der Waals surface area contributed by atoms with E-state index in [1.165, 1.54) is 6.21 Å². The molecule has 4 rings (SSSR count). The molecule has 2 N–H and O–H groups in total. The molecule has 9 nitrogen and oxygen atoms in total. The Hall–Kier alpha value is -1.51. The van der Waals surface area contributed by atoms with E-state index >= 15 is 0 Å². The van der Waals surface area contributed by atoms with Gasteiger partial charge in [-0.3, -0.25) is 0 Å². The molecule has 3 unspecified atom stereocenters. The summed E-state index contributed by atoms with van der Waals surface area (Å²) in [6.45, 7) is 9.30. The topological polar surface area (TPSA) is 95.0 Å². The first-order valence-corrected chi connectivity index (χ1v) is 14.7. The number of halogens is 3. The van der Waals surface area contributed by atoms with Gasteiger partial charge in [-0.15, -0.1) is 10.2 Å². The van der Waals surface area contributed by atoms with Gasteiger partial charge >= 0.3 is 0 Å². The third kappa shape index (κ3) is 7.99. The van der Waals surface area contributed by atoms with Crippen LogP contribution < -0.4 is 10.0 Å². The van der Waals surface area contributed by atoms with Crippen LogP contribution in [0.4, 0.5) is 8.78 Å². The average molecular weight is 580 g/mol. The molecule has 0 amide bonds. The number of alkyl halides is 2. The second kappa shape index (κ2) is 13.5. The van der Waals surface area contributed by atoms with Crippen molar-refractivity contribution in [2.75, 3.05) is 46.9 Å². The first-order valence-electron chi connectivity index (χ1n) is 12.3. The number of nitrogens with one attached hydrogen (secondary N) is 2. The van der Waals surface area contributed by atoms with Crippen molar-refractivity contribution >= 4 is 40.1 Å². The lowest BCUT2D eigenvalue weighted by Gasteiger charge is -2.42. The summed E-state index contributed by atoms with van der Waals surface area (Å²) in [5.41, 5.74) is 1.47. The van der Waals surface area contributed by atoms with Gasteiger partial charge in [-0.1, -0.05) is 36.8 Å². The highest BCUT2D eigenvalue weighted by Gasteiger charge is 2.41. The van der Waals surface area contributed by atoms with E-state index in [2.05, 4.69) is 37.1 Å². The lowest BCUT2D eigenvalue weighted by molar-refractivity contribution is 0.128. The summed E-state index contributed by atoms with van der Waals surface area (Å²) in [4.78, 5) is 8.47. The smallest absolute Gasteiger partial charge is 0.291 e. The Labute approximate surface area is 229 Å². The highest BCUT2D eigenvalue weighted by atomic mass is 35.5. The Morgan fingerprint density at radius 1 is 1.43 bits per heavy atom. The molecule has 0 bridgehead atoms. The number of ether oxygens (including phenoxy) is 1. The summed E-state index contributed by atoms with van der Waals surface area (Å²) in [5, 5.41) is 10.5. The second-order valence-electron chi connectivity index (χ2n) is 9.16. The van der Waals surface area contributed by atoms with Crippen molar-refractivity contribution in [3.63, 3.8) is 0 Å². The molecule has 3 heterocycles. The summed E-state index contributed by atoms with van der Waals surface area (Å²) >= 11 is 7.45. The largest absolute Gasteiger partial charge is 0.383 e. The van der Waals surface area contributed by atoms with Gasteiger partial charge in [0.25, 0.3) is 6.43 Å². The summed E-state index contributed by atoms with van der Waals surface area (Å²) in [7, 11) is 2.29. The van der Waals surface area contributed by atoms with Crippen LogP contribution in [0.25, 0.3) is 0 Å². The van der Waals surface area contributed by atoms with Crippen molar-refractivity contribution in [3.8, 4) is 0 Å². The van der Waals surface area contributed by atoms with Gasteiger partial charge in [-0.05, 0) is 25.8 Å². The fraction of sp³-hybridized carbons (Fsp3) is 0.696. The van der Waals surface area contributed by atoms with Crippen molar-refractivity contribution in [2.24, 2.45) is 4.99 Å². The number of nitrogens with zero attached hydrogens (tertiary/aromatic N) is 5. The third-order valence-corrected chi connectivity index (χ3v) is 8.81. The average Bonchev–Trinajstić information content (AvgIpc) is 3.40. The van der Waals surface area contributed by atoms with Crippen molar-refractivity contribution in [1.29, 1.82) is 0 Å². The van der Waals surface area contributed by atoms with E-state index in [1.54, 1.807) is 7.11 Å². The first kappa shape index (κ1) is 30.0. The van der Waals surface area contributed by atoms with E-state index in [0.717, 1.165) is 43.0 Å². The normalized spacial score (nSPS) is 25.6. The molecule has 208 valence electrons. The van der Waals surface area contributed by atoms with E-state index in [1.807, 2.05) is 31.9 Å². The molecular weight excluding hydrogens is 544 g/mol. The van der Waals surface area contributed by atoms with Gasteiger partial charge < -0.3 is 19.9 Å². The summed E-state index contributed by atoms with van der Waals surface area (Å²) in [5.74, 6) is 0. The highest BCUT2D eigenvalue weighted by molar-refractivity contribution is 7.84. The Kier molecular flexibility index (Phi) is 11.0. The number of aromatic nitrogens is 2. The maximum Gasteiger partial charge on any atom is 0.291 e. The Balaban J connectivity index is 0.00000186. The minimum absolute atomic E-state index is 0.0626. The predicted octanol–water partition coefficient (Wildman–Crippen LogP) is 3.25. The van der Waals surface area contributed by atoms with Crippen LogP contribution in [0.15, 0.2) is 27.6 Å². The Morgan fingerprint density at radius 3 is 2.78 bits per heavy atom. The molecule has 1 saturated heterocycles. The quantitative estimate of drug-likeness (QED) is 0.342. The lowest BCUT2D eigenvalue weighted by atomic mass is 10.1. The molecule has 1 aromatic heterocycles. The first-order chi connectivity index (χ1) is 17.7. The highest BCUT2D eigenvalue weighted by Crippen LogP contribution is 2.36. The molecule has 1 saturated carbocycles. The molecule has 3 aliphatic rings. The monoisotopic (exact) mass is 579 g/mol. The fourth-order valence-corrected chi connectivity index (χ4v) is 6.35. The van der Waals surface area contributed by atoms with E-state index < -0.39 is 17.4 Å². The maximum absolute atomic E-state index is 13.2. The van der Waals surface area contributed by atoms with Crippen molar-refractivity contribution in [3.05, 3.63) is 32.6 Å². The van der Waals surface area contributed by atoms with Crippen LogP contribution >= 0.6 is 22.9 Å². The van der Waals surface area contributed by atoms with Gasteiger partial charge in [0.15, 0.2) is 15.2 Å². The van der Waals surface area contributed by atoms with Crippen LogP contribution in [0.5, 0.6) is 0 Å². The standard InChI is InChI=1S/C21H30ClF2N7O2S2.C2H6/c1-21(4-5-21)29-35(32)14-8-15(31-7-6-25-13(10-31)12-33-3)17(30(2)11-14)18(22)26-9-16-27-28-20(34-16)19(23)24;1-2/h8-9,13-14,19,25,29H,4-7,10-12H2,1-3H3;1-2H3/b18-17-,26-9+;. The molecule has 0 radical (unpaired) electrons. The predicted molar refractivity (Wildman–Crippen MR) is 145 cm³/mol. The Morgan fingerprint density at radius 2 is 2.16 bits per heavy atom. The number of rotatable bonds is 9. The van der Waals surface area contributed by atoms with E-state index in [4.69, 9.17) is 16.3 Å². The summed E-state index contributed by atoms with van der Waals surface area (Å²) in [6, 6.07) is 0.131. The number of hydrogen-bond acceptors (Lipinski definition) is 9.